The molecule has 2 aromatic carbocycles. The quantitative estimate of drug-likeness (QED) is 0.687. The smallest absolute Gasteiger partial charge is 0.227 e. The fourth-order valence-electron chi connectivity index (χ4n) is 5.65. The van der Waals surface area contributed by atoms with Gasteiger partial charge in [0.1, 0.15) is 6.10 Å². The lowest BCUT2D eigenvalue weighted by molar-refractivity contribution is -0.169. The Hall–Kier alpha value is -2.74. The summed E-state index contributed by atoms with van der Waals surface area (Å²) in [6.07, 6.45) is 2.47. The number of rotatable bonds is 5. The van der Waals surface area contributed by atoms with Gasteiger partial charge in [-0.2, -0.15) is 0 Å². The third-order valence-electron chi connectivity index (χ3n) is 7.33. The largest absolute Gasteiger partial charge is 0.389 e. The second-order valence-corrected chi connectivity index (χ2v) is 9.99. The first-order valence-corrected chi connectivity index (χ1v) is 12.7. The summed E-state index contributed by atoms with van der Waals surface area (Å²) in [6.45, 7) is 0.686. The SMILES string of the molecule is O=C(C[C@@H]1CC[C@@H]2[C@H](COC[C@@H](O)CN2C(=O)Cc2ccccc2)O1)NC1Cc2ccccc2C1. The minimum atomic E-state index is -0.727. The van der Waals surface area contributed by atoms with Crippen molar-refractivity contribution >= 4 is 11.8 Å². The van der Waals surface area contributed by atoms with E-state index in [1.54, 1.807) is 4.90 Å². The number of benzene rings is 2. The van der Waals surface area contributed by atoms with Crippen LogP contribution in [0.5, 0.6) is 0 Å². The van der Waals surface area contributed by atoms with Crippen LogP contribution in [0, 0.1) is 0 Å². The van der Waals surface area contributed by atoms with Gasteiger partial charge in [-0.25, -0.2) is 0 Å². The standard InChI is InChI=1S/C28H34N2O5/c31-23-16-30(28(33)12-19-6-2-1-3-7-19)25-11-10-24(35-26(25)18-34-17-23)15-27(32)29-22-13-20-8-4-5-9-21(20)14-22/h1-9,22-26,31H,10-18H2,(H,29,32)/t23-,24-,25+,26-/m0/s1. The van der Waals surface area contributed by atoms with Crippen molar-refractivity contribution < 1.29 is 24.2 Å². The molecule has 0 radical (unpaired) electrons. The van der Waals surface area contributed by atoms with E-state index in [1.807, 2.05) is 42.5 Å². The van der Waals surface area contributed by atoms with E-state index in [0.29, 0.717) is 25.9 Å². The predicted octanol–water partition coefficient (Wildman–Crippen LogP) is 2.04. The molecule has 35 heavy (non-hydrogen) atoms. The second-order valence-electron chi connectivity index (χ2n) is 9.99. The maximum atomic E-state index is 13.2. The van der Waals surface area contributed by atoms with Crippen molar-refractivity contribution in [2.75, 3.05) is 19.8 Å². The van der Waals surface area contributed by atoms with Crippen LogP contribution in [0.4, 0.5) is 0 Å². The average Bonchev–Trinajstić information content (AvgIpc) is 3.24. The van der Waals surface area contributed by atoms with Gasteiger partial charge in [0.2, 0.25) is 11.8 Å². The zero-order valence-corrected chi connectivity index (χ0v) is 20.0. The number of carbonyl (C=O) groups is 2. The Morgan fingerprint density at radius 2 is 1.69 bits per heavy atom. The van der Waals surface area contributed by atoms with Crippen molar-refractivity contribution in [1.82, 2.24) is 10.2 Å². The first-order chi connectivity index (χ1) is 17.0. The molecule has 2 amide bonds. The van der Waals surface area contributed by atoms with Crippen LogP contribution in [-0.2, 0) is 38.3 Å². The molecule has 0 unspecified atom stereocenters. The van der Waals surface area contributed by atoms with E-state index in [2.05, 4.69) is 17.4 Å². The summed E-state index contributed by atoms with van der Waals surface area (Å²) in [6, 6.07) is 17.9. The van der Waals surface area contributed by atoms with E-state index in [9.17, 15) is 14.7 Å². The Morgan fingerprint density at radius 3 is 2.43 bits per heavy atom. The number of hydrogen-bond donors (Lipinski definition) is 2. The maximum absolute atomic E-state index is 13.2. The summed E-state index contributed by atoms with van der Waals surface area (Å²) in [7, 11) is 0. The number of amides is 2. The molecule has 5 rings (SSSR count). The molecule has 0 bridgehead atoms. The molecule has 0 saturated carbocycles. The third-order valence-corrected chi connectivity index (χ3v) is 7.33. The van der Waals surface area contributed by atoms with Gasteiger partial charge in [-0.3, -0.25) is 9.59 Å². The van der Waals surface area contributed by atoms with Crippen molar-refractivity contribution in [1.29, 1.82) is 0 Å². The normalized spacial score (nSPS) is 26.8. The Balaban J connectivity index is 1.18. The molecule has 2 aromatic rings. The number of aliphatic hydroxyl groups excluding tert-OH is 1. The molecule has 7 nitrogen and oxygen atoms in total. The molecule has 2 aliphatic heterocycles. The van der Waals surface area contributed by atoms with Crippen LogP contribution in [0.1, 0.15) is 36.0 Å². The summed E-state index contributed by atoms with van der Waals surface area (Å²) in [5.41, 5.74) is 3.56. The first kappa shape index (κ1) is 24.0. The molecule has 0 aromatic heterocycles. The number of nitrogens with zero attached hydrogens (tertiary/aromatic N) is 1. The van der Waals surface area contributed by atoms with E-state index >= 15 is 0 Å². The molecular weight excluding hydrogens is 444 g/mol. The highest BCUT2D eigenvalue weighted by Gasteiger charge is 2.40. The van der Waals surface area contributed by atoms with Crippen LogP contribution >= 0.6 is 0 Å². The lowest BCUT2D eigenvalue weighted by Crippen LogP contribution is -2.58. The Bertz CT molecular complexity index is 1000. The third kappa shape index (κ3) is 5.92. The predicted molar refractivity (Wildman–Crippen MR) is 131 cm³/mol. The number of ether oxygens (including phenoxy) is 2. The van der Waals surface area contributed by atoms with Crippen molar-refractivity contribution in [3.63, 3.8) is 0 Å². The highest BCUT2D eigenvalue weighted by atomic mass is 16.5. The monoisotopic (exact) mass is 478 g/mol. The maximum Gasteiger partial charge on any atom is 0.227 e. The van der Waals surface area contributed by atoms with Crippen molar-refractivity contribution in [2.24, 2.45) is 0 Å². The highest BCUT2D eigenvalue weighted by molar-refractivity contribution is 5.79. The molecule has 4 atom stereocenters. The minimum absolute atomic E-state index is 0.00505. The van der Waals surface area contributed by atoms with Gasteiger partial charge in [0.25, 0.3) is 0 Å². The van der Waals surface area contributed by atoms with Crippen molar-refractivity contribution in [3.05, 3.63) is 71.3 Å². The van der Waals surface area contributed by atoms with Crippen molar-refractivity contribution in [2.45, 2.75) is 68.9 Å². The molecule has 1 aliphatic carbocycles. The molecule has 186 valence electrons. The second kappa shape index (κ2) is 10.9. The summed E-state index contributed by atoms with van der Waals surface area (Å²) in [5, 5.41) is 13.5. The van der Waals surface area contributed by atoms with Crippen LogP contribution < -0.4 is 5.32 Å². The molecule has 3 aliphatic rings. The van der Waals surface area contributed by atoms with Crippen LogP contribution in [0.15, 0.2) is 54.6 Å². The number of nitrogens with one attached hydrogen (secondary N) is 1. The Labute approximate surface area is 206 Å². The van der Waals surface area contributed by atoms with Gasteiger partial charge in [-0.1, -0.05) is 54.6 Å². The Morgan fingerprint density at radius 1 is 0.971 bits per heavy atom. The van der Waals surface area contributed by atoms with Gasteiger partial charge < -0.3 is 24.8 Å². The highest BCUT2D eigenvalue weighted by Crippen LogP contribution is 2.29. The van der Waals surface area contributed by atoms with Gasteiger partial charge >= 0.3 is 0 Å². The van der Waals surface area contributed by atoms with Crippen LogP contribution in [0.2, 0.25) is 0 Å². The molecule has 0 spiro atoms. The van der Waals surface area contributed by atoms with Gasteiger partial charge in [-0.15, -0.1) is 0 Å². The fourth-order valence-corrected chi connectivity index (χ4v) is 5.65. The summed E-state index contributed by atoms with van der Waals surface area (Å²) in [4.78, 5) is 27.8. The summed E-state index contributed by atoms with van der Waals surface area (Å²) < 4.78 is 12.0. The molecule has 2 fully saturated rings. The van der Waals surface area contributed by atoms with E-state index in [0.717, 1.165) is 18.4 Å². The first-order valence-electron chi connectivity index (χ1n) is 12.7. The molecule has 2 saturated heterocycles. The summed E-state index contributed by atoms with van der Waals surface area (Å²) in [5.74, 6) is -0.0156. The Kier molecular flexibility index (Phi) is 7.46. The number of aliphatic hydroxyl groups is 1. The lowest BCUT2D eigenvalue weighted by Gasteiger charge is -2.44. The minimum Gasteiger partial charge on any atom is -0.389 e. The molecule has 7 heteroatoms. The summed E-state index contributed by atoms with van der Waals surface area (Å²) >= 11 is 0. The topological polar surface area (TPSA) is 88.1 Å². The van der Waals surface area contributed by atoms with Crippen LogP contribution in [-0.4, -0.2) is 72.0 Å². The van der Waals surface area contributed by atoms with Crippen LogP contribution in [0.3, 0.4) is 0 Å². The van der Waals surface area contributed by atoms with E-state index < -0.39 is 6.10 Å². The van der Waals surface area contributed by atoms with Crippen molar-refractivity contribution in [3.8, 4) is 0 Å². The lowest BCUT2D eigenvalue weighted by atomic mass is 9.94. The molecular formula is C28H34N2O5. The number of hydrogen-bond acceptors (Lipinski definition) is 5. The number of β-amino-alcohol motifs (C(OH)–C–C–N with tert-alkyl or cyclic N) is 1. The van der Waals surface area contributed by atoms with Gasteiger partial charge in [0, 0.05) is 12.6 Å². The molecule has 2 heterocycles. The number of fused-ring (bicyclic) bond motifs is 2. The zero-order chi connectivity index (χ0) is 24.2. The van der Waals surface area contributed by atoms with E-state index in [1.165, 1.54) is 11.1 Å². The van der Waals surface area contributed by atoms with Gasteiger partial charge in [0.15, 0.2) is 0 Å². The average molecular weight is 479 g/mol. The van der Waals surface area contributed by atoms with Gasteiger partial charge in [0.05, 0.1) is 44.3 Å². The van der Waals surface area contributed by atoms with E-state index in [4.69, 9.17) is 9.47 Å². The fraction of sp³-hybridized carbons (Fsp3) is 0.500. The van der Waals surface area contributed by atoms with E-state index in [-0.39, 0.29) is 55.7 Å². The zero-order valence-electron chi connectivity index (χ0n) is 20.0. The van der Waals surface area contributed by atoms with Crippen LogP contribution in [0.25, 0.3) is 0 Å². The van der Waals surface area contributed by atoms with Gasteiger partial charge in [-0.05, 0) is 42.4 Å². The molecule has 2 N–H and O–H groups in total. The number of carbonyl (C=O) groups excluding carboxylic acids is 2.